The molecular weight excluding hydrogens is 377 g/mol. The van der Waals surface area contributed by atoms with Crippen LogP contribution in [0.3, 0.4) is 0 Å². The minimum atomic E-state index is -0.542. The third kappa shape index (κ3) is 3.84. The summed E-state index contributed by atoms with van der Waals surface area (Å²) >= 11 is 11.9. The summed E-state index contributed by atoms with van der Waals surface area (Å²) in [6.07, 6.45) is 1.62. The lowest BCUT2D eigenvalue weighted by atomic mass is 10.1. The molecule has 1 aliphatic rings. The van der Waals surface area contributed by atoms with Gasteiger partial charge >= 0.3 is 5.97 Å². The first-order valence-corrected chi connectivity index (χ1v) is 8.56. The molecule has 0 aromatic heterocycles. The van der Waals surface area contributed by atoms with Crippen molar-refractivity contribution in [2.24, 2.45) is 4.99 Å². The van der Waals surface area contributed by atoms with Gasteiger partial charge in [-0.3, -0.25) is 0 Å². The third-order valence-corrected chi connectivity index (χ3v) is 4.32. The van der Waals surface area contributed by atoms with Crippen LogP contribution >= 0.6 is 23.2 Å². The average Bonchev–Trinajstić information content (AvgIpc) is 2.98. The van der Waals surface area contributed by atoms with Crippen molar-refractivity contribution in [3.05, 3.63) is 63.3 Å². The number of nitrogens with zero attached hydrogens (tertiary/aromatic N) is 1. The Morgan fingerprint density at radius 2 is 1.92 bits per heavy atom. The van der Waals surface area contributed by atoms with Gasteiger partial charge in [-0.25, -0.2) is 9.79 Å². The summed E-state index contributed by atoms with van der Waals surface area (Å²) in [6.45, 7) is 2.38. The molecule has 0 unspecified atom stereocenters. The molecule has 0 aliphatic carbocycles. The van der Waals surface area contributed by atoms with E-state index in [1.807, 2.05) is 6.92 Å². The first-order valence-electron chi connectivity index (χ1n) is 7.80. The number of rotatable bonds is 5. The first kappa shape index (κ1) is 18.3. The minimum absolute atomic E-state index is 0.179. The van der Waals surface area contributed by atoms with Crippen molar-refractivity contribution in [1.82, 2.24) is 0 Å². The fourth-order valence-electron chi connectivity index (χ4n) is 2.37. The van der Waals surface area contributed by atoms with Crippen LogP contribution in [0.15, 0.2) is 47.1 Å². The van der Waals surface area contributed by atoms with Crippen LogP contribution < -0.4 is 9.47 Å². The van der Waals surface area contributed by atoms with E-state index in [1.54, 1.807) is 49.6 Å². The molecular formula is C19H15Cl2NO4. The summed E-state index contributed by atoms with van der Waals surface area (Å²) in [6, 6.07) is 10.2. The fraction of sp³-hybridized carbons (Fsp3) is 0.158. The highest BCUT2D eigenvalue weighted by molar-refractivity contribution is 6.42. The van der Waals surface area contributed by atoms with Crippen LogP contribution in [-0.4, -0.2) is 25.6 Å². The topological polar surface area (TPSA) is 57.1 Å². The molecule has 26 heavy (non-hydrogen) atoms. The molecule has 134 valence electrons. The van der Waals surface area contributed by atoms with E-state index in [-0.39, 0.29) is 11.6 Å². The van der Waals surface area contributed by atoms with Gasteiger partial charge in [-0.15, -0.1) is 0 Å². The molecule has 0 N–H and O–H groups in total. The van der Waals surface area contributed by atoms with Crippen LogP contribution in [0.4, 0.5) is 0 Å². The largest absolute Gasteiger partial charge is 0.493 e. The molecule has 2 aromatic carbocycles. The van der Waals surface area contributed by atoms with Crippen LogP contribution in [0.2, 0.25) is 10.0 Å². The molecule has 0 spiro atoms. The van der Waals surface area contributed by atoms with Gasteiger partial charge < -0.3 is 14.2 Å². The number of methoxy groups -OCH3 is 1. The Morgan fingerprint density at radius 1 is 1.12 bits per heavy atom. The number of esters is 1. The first-order chi connectivity index (χ1) is 12.5. The van der Waals surface area contributed by atoms with Crippen LogP contribution in [-0.2, 0) is 9.53 Å². The highest BCUT2D eigenvalue weighted by atomic mass is 35.5. The predicted molar refractivity (Wildman–Crippen MR) is 101 cm³/mol. The second kappa shape index (κ2) is 7.81. The lowest BCUT2D eigenvalue weighted by Crippen LogP contribution is -2.05. The van der Waals surface area contributed by atoms with Gasteiger partial charge in [0.25, 0.3) is 0 Å². The number of hydrogen-bond donors (Lipinski definition) is 0. The number of benzene rings is 2. The van der Waals surface area contributed by atoms with Crippen molar-refractivity contribution in [1.29, 1.82) is 0 Å². The van der Waals surface area contributed by atoms with Crippen molar-refractivity contribution in [3.8, 4) is 11.5 Å². The van der Waals surface area contributed by atoms with Gasteiger partial charge in [0.15, 0.2) is 17.2 Å². The minimum Gasteiger partial charge on any atom is -0.493 e. The maximum atomic E-state index is 12.1. The maximum Gasteiger partial charge on any atom is 0.363 e. The summed E-state index contributed by atoms with van der Waals surface area (Å²) < 4.78 is 16.0. The molecule has 0 fully saturated rings. The van der Waals surface area contributed by atoms with E-state index in [1.165, 1.54) is 0 Å². The number of hydrogen-bond acceptors (Lipinski definition) is 5. The average molecular weight is 392 g/mol. The molecule has 1 aliphatic heterocycles. The lowest BCUT2D eigenvalue weighted by molar-refractivity contribution is -0.129. The number of ether oxygens (including phenoxy) is 3. The molecule has 3 rings (SSSR count). The van der Waals surface area contributed by atoms with Crippen molar-refractivity contribution >= 4 is 41.1 Å². The highest BCUT2D eigenvalue weighted by Crippen LogP contribution is 2.30. The molecule has 0 amide bonds. The smallest absolute Gasteiger partial charge is 0.363 e. The van der Waals surface area contributed by atoms with Crippen molar-refractivity contribution in [3.63, 3.8) is 0 Å². The van der Waals surface area contributed by atoms with Crippen molar-refractivity contribution in [2.45, 2.75) is 6.92 Å². The summed E-state index contributed by atoms with van der Waals surface area (Å²) in [5.41, 5.74) is 1.49. The SMILES string of the molecule is CCOc1cc(/C=C2\N=C(c3ccc(Cl)c(Cl)c3)OC2=O)ccc1OC. The quantitative estimate of drug-likeness (QED) is 0.545. The molecule has 1 heterocycles. The Labute approximate surface area is 160 Å². The number of cyclic esters (lactones) is 1. The maximum absolute atomic E-state index is 12.1. The zero-order valence-corrected chi connectivity index (χ0v) is 15.6. The third-order valence-electron chi connectivity index (χ3n) is 3.58. The Hall–Kier alpha value is -2.50. The fourth-order valence-corrected chi connectivity index (χ4v) is 2.67. The van der Waals surface area contributed by atoms with E-state index in [4.69, 9.17) is 37.4 Å². The Balaban J connectivity index is 1.93. The molecule has 7 heteroatoms. The molecule has 5 nitrogen and oxygen atoms in total. The molecule has 0 radical (unpaired) electrons. The summed E-state index contributed by atoms with van der Waals surface area (Å²) in [5.74, 6) is 0.839. The van der Waals surface area contributed by atoms with Gasteiger partial charge in [0.1, 0.15) is 0 Å². The number of aliphatic imine (C=N–C) groups is 1. The van der Waals surface area contributed by atoms with Gasteiger partial charge in [0, 0.05) is 5.56 Å². The van der Waals surface area contributed by atoms with Crippen LogP contribution in [0, 0.1) is 0 Å². The molecule has 2 aromatic rings. The van der Waals surface area contributed by atoms with Gasteiger partial charge in [-0.1, -0.05) is 29.3 Å². The van der Waals surface area contributed by atoms with Crippen molar-refractivity contribution < 1.29 is 19.0 Å². The Bertz CT molecular complexity index is 922. The second-order valence-corrected chi connectivity index (χ2v) is 6.12. The van der Waals surface area contributed by atoms with Gasteiger partial charge in [-0.2, -0.15) is 0 Å². The summed E-state index contributed by atoms with van der Waals surface area (Å²) in [5, 5.41) is 0.773. The summed E-state index contributed by atoms with van der Waals surface area (Å²) in [4.78, 5) is 16.4. The van der Waals surface area contributed by atoms with E-state index in [0.717, 1.165) is 5.56 Å². The number of halogens is 2. The lowest BCUT2D eigenvalue weighted by Gasteiger charge is -2.09. The predicted octanol–water partition coefficient (Wildman–Crippen LogP) is 4.75. The highest BCUT2D eigenvalue weighted by Gasteiger charge is 2.24. The zero-order chi connectivity index (χ0) is 18.7. The van der Waals surface area contributed by atoms with Crippen LogP contribution in [0.1, 0.15) is 18.1 Å². The molecule has 0 saturated heterocycles. The van der Waals surface area contributed by atoms with Crippen LogP contribution in [0.5, 0.6) is 11.5 Å². The normalized spacial score (nSPS) is 15.0. The van der Waals surface area contributed by atoms with Gasteiger partial charge in [-0.05, 0) is 48.9 Å². The standard InChI is InChI=1S/C19H15Cl2NO4/c1-3-25-17-9-11(4-7-16(17)24-2)8-15-19(23)26-18(22-15)12-5-6-13(20)14(21)10-12/h4-10H,3H2,1-2H3/b15-8-. The summed E-state index contributed by atoms with van der Waals surface area (Å²) in [7, 11) is 1.57. The van der Waals surface area contributed by atoms with E-state index < -0.39 is 5.97 Å². The van der Waals surface area contributed by atoms with E-state index in [0.29, 0.717) is 33.7 Å². The monoisotopic (exact) mass is 391 g/mol. The van der Waals surface area contributed by atoms with Gasteiger partial charge in [0.2, 0.25) is 5.90 Å². The Morgan fingerprint density at radius 3 is 2.62 bits per heavy atom. The van der Waals surface area contributed by atoms with E-state index in [9.17, 15) is 4.79 Å². The van der Waals surface area contributed by atoms with E-state index in [2.05, 4.69) is 4.99 Å². The molecule has 0 atom stereocenters. The van der Waals surface area contributed by atoms with Gasteiger partial charge in [0.05, 0.1) is 23.8 Å². The number of carbonyl (C=O) groups excluding carboxylic acids is 1. The van der Waals surface area contributed by atoms with Crippen LogP contribution in [0.25, 0.3) is 6.08 Å². The zero-order valence-electron chi connectivity index (χ0n) is 14.1. The molecule has 0 bridgehead atoms. The second-order valence-electron chi connectivity index (χ2n) is 5.31. The van der Waals surface area contributed by atoms with Crippen molar-refractivity contribution in [2.75, 3.05) is 13.7 Å². The molecule has 0 saturated carbocycles. The Kier molecular flexibility index (Phi) is 5.49. The van der Waals surface area contributed by atoms with E-state index >= 15 is 0 Å². The number of carbonyl (C=O) groups is 1.